The van der Waals surface area contributed by atoms with Crippen LogP contribution in [0.25, 0.3) is 0 Å². The van der Waals surface area contributed by atoms with Crippen LogP contribution in [0.3, 0.4) is 0 Å². The fraction of sp³-hybridized carbons (Fsp3) is 0.545. The number of nitrogens with one attached hydrogen (secondary N) is 1. The van der Waals surface area contributed by atoms with Crippen LogP contribution in [0, 0.1) is 13.8 Å². The molecule has 1 aromatic carbocycles. The van der Waals surface area contributed by atoms with Gasteiger partial charge in [0.1, 0.15) is 17.1 Å². The zero-order chi connectivity index (χ0) is 20.6. The average molecular weight is 398 g/mol. The van der Waals surface area contributed by atoms with Crippen molar-refractivity contribution >= 4 is 5.91 Å². The third-order valence-electron chi connectivity index (χ3n) is 6.45. The van der Waals surface area contributed by atoms with Crippen LogP contribution in [0.1, 0.15) is 34.0 Å². The lowest BCUT2D eigenvalue weighted by Gasteiger charge is -2.51. The lowest BCUT2D eigenvalue weighted by atomic mass is 9.79. The average Bonchev–Trinajstić information content (AvgIpc) is 3.07. The number of hydrogen-bond donors (Lipinski definition) is 2. The van der Waals surface area contributed by atoms with E-state index in [-0.39, 0.29) is 11.9 Å². The first kappa shape index (κ1) is 20.1. The number of aryl methyl sites for hydroxylation is 2. The monoisotopic (exact) mass is 397 g/mol. The van der Waals surface area contributed by atoms with Gasteiger partial charge in [-0.2, -0.15) is 0 Å². The number of likely N-dealkylation sites (N-methyl/N-ethyl adjacent to an activating group) is 1. The summed E-state index contributed by atoms with van der Waals surface area (Å²) in [6.07, 6.45) is 0.516. The van der Waals surface area contributed by atoms with E-state index < -0.39 is 5.60 Å². The van der Waals surface area contributed by atoms with Crippen molar-refractivity contribution in [2.24, 2.45) is 0 Å². The Morgan fingerprint density at radius 2 is 1.83 bits per heavy atom. The third-order valence-corrected chi connectivity index (χ3v) is 6.45. The summed E-state index contributed by atoms with van der Waals surface area (Å²) in [4.78, 5) is 27.2. The molecule has 0 bridgehead atoms. The molecule has 2 fully saturated rings. The van der Waals surface area contributed by atoms with E-state index in [1.165, 1.54) is 0 Å². The number of hydrogen-bond acceptors (Lipinski definition) is 5. The minimum Gasteiger partial charge on any atom is -0.383 e. The fourth-order valence-corrected chi connectivity index (χ4v) is 4.69. The molecule has 2 atom stereocenters. The van der Waals surface area contributed by atoms with Crippen LogP contribution >= 0.6 is 0 Å². The smallest absolute Gasteiger partial charge is 0.274 e. The summed E-state index contributed by atoms with van der Waals surface area (Å²) in [5.74, 6) is 0.695. The summed E-state index contributed by atoms with van der Waals surface area (Å²) >= 11 is 0. The fourth-order valence-electron chi connectivity index (χ4n) is 4.69. The molecule has 0 unspecified atom stereocenters. The molecule has 2 aliphatic rings. The van der Waals surface area contributed by atoms with E-state index in [2.05, 4.69) is 26.8 Å². The third kappa shape index (κ3) is 3.82. The van der Waals surface area contributed by atoms with E-state index in [0.29, 0.717) is 25.2 Å². The van der Waals surface area contributed by atoms with E-state index in [1.54, 1.807) is 0 Å². The van der Waals surface area contributed by atoms with Crippen molar-refractivity contribution in [3.05, 3.63) is 53.1 Å². The van der Waals surface area contributed by atoms with Crippen LogP contribution in [0.4, 0.5) is 0 Å². The molecule has 156 valence electrons. The number of amides is 1. The van der Waals surface area contributed by atoms with Crippen molar-refractivity contribution in [1.29, 1.82) is 0 Å². The Kier molecular flexibility index (Phi) is 5.46. The minimum absolute atomic E-state index is 0.0545. The van der Waals surface area contributed by atoms with E-state index in [9.17, 15) is 9.90 Å². The van der Waals surface area contributed by atoms with Gasteiger partial charge in [0, 0.05) is 45.0 Å². The van der Waals surface area contributed by atoms with Gasteiger partial charge in [-0.15, -0.1) is 0 Å². The quantitative estimate of drug-likeness (QED) is 0.818. The first-order valence-corrected chi connectivity index (χ1v) is 10.4. The maximum Gasteiger partial charge on any atom is 0.274 e. The SMILES string of the molecule is Cc1nc(C(=O)N2CC[C@](O)(c3ccccc3)[C@H](N3CCN(C)CC3)C2)c(C)[nH]1. The van der Waals surface area contributed by atoms with Crippen molar-refractivity contribution in [2.75, 3.05) is 46.3 Å². The Morgan fingerprint density at radius 1 is 1.14 bits per heavy atom. The molecule has 0 saturated carbocycles. The lowest BCUT2D eigenvalue weighted by Crippen LogP contribution is -2.64. The van der Waals surface area contributed by atoms with Crippen molar-refractivity contribution in [1.82, 2.24) is 24.7 Å². The Morgan fingerprint density at radius 3 is 2.45 bits per heavy atom. The highest BCUT2D eigenvalue weighted by Crippen LogP contribution is 2.37. The summed E-state index contributed by atoms with van der Waals surface area (Å²) < 4.78 is 0. The van der Waals surface area contributed by atoms with Crippen molar-refractivity contribution in [2.45, 2.75) is 31.9 Å². The number of piperidine rings is 1. The number of piperazine rings is 1. The van der Waals surface area contributed by atoms with Gasteiger partial charge < -0.3 is 19.9 Å². The van der Waals surface area contributed by atoms with Crippen LogP contribution in [0.5, 0.6) is 0 Å². The maximum absolute atomic E-state index is 13.2. The van der Waals surface area contributed by atoms with Crippen LogP contribution < -0.4 is 0 Å². The summed E-state index contributed by atoms with van der Waals surface area (Å²) in [6, 6.07) is 9.78. The Hall–Kier alpha value is -2.22. The lowest BCUT2D eigenvalue weighted by molar-refractivity contribution is -0.101. The molecule has 0 spiro atoms. The molecular weight excluding hydrogens is 366 g/mol. The van der Waals surface area contributed by atoms with Gasteiger partial charge in [-0.3, -0.25) is 9.69 Å². The van der Waals surface area contributed by atoms with Gasteiger partial charge in [0.2, 0.25) is 0 Å². The molecule has 3 heterocycles. The van der Waals surface area contributed by atoms with E-state index >= 15 is 0 Å². The molecule has 29 heavy (non-hydrogen) atoms. The highest BCUT2D eigenvalue weighted by Gasteiger charge is 2.47. The highest BCUT2D eigenvalue weighted by molar-refractivity contribution is 5.93. The number of aromatic nitrogens is 2. The number of aromatic amines is 1. The number of H-pyrrole nitrogens is 1. The standard InChI is InChI=1S/C22H31N5O2/c1-16-20(24-17(2)23-16)21(28)27-10-9-22(29,18-7-5-4-6-8-18)19(15-27)26-13-11-25(3)12-14-26/h4-8,19,29H,9-15H2,1-3H3,(H,23,24)/t19-,22+/m1/s1. The number of likely N-dealkylation sites (tertiary alicyclic amines) is 1. The van der Waals surface area contributed by atoms with E-state index in [1.807, 2.05) is 49.1 Å². The molecule has 2 saturated heterocycles. The predicted molar refractivity (Wildman–Crippen MR) is 112 cm³/mol. The zero-order valence-corrected chi connectivity index (χ0v) is 17.6. The first-order valence-electron chi connectivity index (χ1n) is 10.4. The molecule has 0 radical (unpaired) electrons. The molecule has 7 heteroatoms. The van der Waals surface area contributed by atoms with Gasteiger partial charge in [-0.1, -0.05) is 30.3 Å². The minimum atomic E-state index is -0.968. The molecule has 2 N–H and O–H groups in total. The van der Waals surface area contributed by atoms with Crippen LogP contribution in [0.15, 0.2) is 30.3 Å². The second kappa shape index (κ2) is 7.89. The van der Waals surface area contributed by atoms with Gasteiger partial charge in [0.25, 0.3) is 5.91 Å². The maximum atomic E-state index is 13.2. The second-order valence-electron chi connectivity index (χ2n) is 8.44. The van der Waals surface area contributed by atoms with E-state index in [0.717, 1.165) is 43.3 Å². The van der Waals surface area contributed by atoms with Crippen LogP contribution in [-0.2, 0) is 5.60 Å². The molecule has 4 rings (SSSR count). The number of benzene rings is 1. The number of rotatable bonds is 3. The summed E-state index contributed by atoms with van der Waals surface area (Å²) in [7, 11) is 2.13. The molecule has 7 nitrogen and oxygen atoms in total. The number of carbonyl (C=O) groups excluding carboxylic acids is 1. The summed E-state index contributed by atoms with van der Waals surface area (Å²) in [6.45, 7) is 8.47. The molecule has 2 aromatic rings. The van der Waals surface area contributed by atoms with Gasteiger partial charge in [-0.25, -0.2) is 4.98 Å². The van der Waals surface area contributed by atoms with Gasteiger partial charge in [0.05, 0.1) is 6.04 Å². The van der Waals surface area contributed by atoms with Crippen LogP contribution in [-0.4, -0.2) is 88.0 Å². The van der Waals surface area contributed by atoms with Gasteiger partial charge >= 0.3 is 0 Å². The Labute approximate surface area is 172 Å². The summed E-state index contributed by atoms with van der Waals surface area (Å²) in [5, 5.41) is 11.8. The Balaban J connectivity index is 1.62. The summed E-state index contributed by atoms with van der Waals surface area (Å²) in [5.41, 5.74) is 1.25. The van der Waals surface area contributed by atoms with Crippen molar-refractivity contribution < 1.29 is 9.90 Å². The van der Waals surface area contributed by atoms with Crippen molar-refractivity contribution in [3.8, 4) is 0 Å². The normalized spacial score (nSPS) is 26.6. The molecule has 1 amide bonds. The van der Waals surface area contributed by atoms with Gasteiger partial charge in [-0.05, 0) is 32.9 Å². The Bertz CT molecular complexity index is 859. The molecule has 0 aliphatic carbocycles. The number of imidazole rings is 1. The van der Waals surface area contributed by atoms with Crippen molar-refractivity contribution in [3.63, 3.8) is 0 Å². The van der Waals surface area contributed by atoms with Crippen LogP contribution in [0.2, 0.25) is 0 Å². The molecule has 1 aromatic heterocycles. The molecular formula is C22H31N5O2. The number of aliphatic hydroxyl groups is 1. The number of carbonyl (C=O) groups is 1. The van der Waals surface area contributed by atoms with E-state index in [4.69, 9.17) is 0 Å². The van der Waals surface area contributed by atoms with Gasteiger partial charge in [0.15, 0.2) is 0 Å². The molecule has 2 aliphatic heterocycles. The first-order chi connectivity index (χ1) is 13.9. The topological polar surface area (TPSA) is 75.7 Å². The zero-order valence-electron chi connectivity index (χ0n) is 17.6. The highest BCUT2D eigenvalue weighted by atomic mass is 16.3. The number of nitrogens with zero attached hydrogens (tertiary/aromatic N) is 4. The predicted octanol–water partition coefficient (Wildman–Crippen LogP) is 1.38. The largest absolute Gasteiger partial charge is 0.383 e. The second-order valence-corrected chi connectivity index (χ2v) is 8.44.